The van der Waals surface area contributed by atoms with E-state index in [1.165, 1.54) is 34.7 Å². The highest BCUT2D eigenvalue weighted by Gasteiger charge is 2.20. The van der Waals surface area contributed by atoms with Gasteiger partial charge in [0.05, 0.1) is 21.5 Å². The number of hydrogen-bond donors (Lipinski definition) is 2. The maximum absolute atomic E-state index is 13.0. The monoisotopic (exact) mass is 555 g/mol. The van der Waals surface area contributed by atoms with E-state index in [4.69, 9.17) is 23.2 Å². The average Bonchev–Trinajstić information content (AvgIpc) is 3.31. The minimum Gasteiger partial charge on any atom is -0.322 e. The second kappa shape index (κ2) is 11.9. The van der Waals surface area contributed by atoms with E-state index in [1.807, 2.05) is 61.7 Å². The van der Waals surface area contributed by atoms with Gasteiger partial charge in [-0.15, -0.1) is 23.1 Å². The van der Waals surface area contributed by atoms with Crippen molar-refractivity contribution in [2.24, 2.45) is 0 Å². The van der Waals surface area contributed by atoms with Gasteiger partial charge in [0.2, 0.25) is 5.91 Å². The molecule has 36 heavy (non-hydrogen) atoms. The van der Waals surface area contributed by atoms with Crippen LogP contribution in [0.15, 0.2) is 77.0 Å². The molecule has 184 valence electrons. The number of amides is 2. The normalized spacial score (nSPS) is 11.7. The molecule has 2 amide bonds. The van der Waals surface area contributed by atoms with E-state index >= 15 is 0 Å². The van der Waals surface area contributed by atoms with Gasteiger partial charge < -0.3 is 10.6 Å². The van der Waals surface area contributed by atoms with Crippen molar-refractivity contribution >= 4 is 68.9 Å². The third-order valence-corrected chi connectivity index (χ3v) is 7.95. The molecule has 0 fully saturated rings. The molecule has 1 heterocycles. The molecular formula is C27H23Cl2N3O2S2. The Hall–Kier alpha value is -2.84. The largest absolute Gasteiger partial charge is 0.322 e. The van der Waals surface area contributed by atoms with E-state index in [2.05, 4.69) is 15.6 Å². The minimum absolute atomic E-state index is 0.116. The number of benzene rings is 3. The number of anilines is 2. The first kappa shape index (κ1) is 26.2. The summed E-state index contributed by atoms with van der Waals surface area (Å²) in [7, 11) is 0. The zero-order chi connectivity index (χ0) is 25.7. The summed E-state index contributed by atoms with van der Waals surface area (Å²) in [5, 5.41) is 8.72. The third-order valence-electron chi connectivity index (χ3n) is 5.29. The number of thiazole rings is 1. The Balaban J connectivity index is 1.40. The van der Waals surface area contributed by atoms with Crippen LogP contribution in [0.4, 0.5) is 10.8 Å². The Morgan fingerprint density at radius 1 is 1.03 bits per heavy atom. The van der Waals surface area contributed by atoms with Crippen molar-refractivity contribution in [3.05, 3.63) is 93.3 Å². The number of nitrogens with one attached hydrogen (secondary N) is 2. The molecule has 1 unspecified atom stereocenters. The van der Waals surface area contributed by atoms with E-state index in [0.29, 0.717) is 27.8 Å². The number of hydrogen-bond acceptors (Lipinski definition) is 5. The molecule has 0 saturated heterocycles. The number of carbonyl (C=O) groups excluding carboxylic acids is 2. The van der Waals surface area contributed by atoms with Crippen molar-refractivity contribution in [2.45, 2.75) is 30.4 Å². The lowest BCUT2D eigenvalue weighted by atomic mass is 10.1. The van der Waals surface area contributed by atoms with Crippen molar-refractivity contribution in [1.82, 2.24) is 4.98 Å². The second-order valence-corrected chi connectivity index (χ2v) is 11.0. The second-order valence-electron chi connectivity index (χ2n) is 8.01. The SMILES string of the molecule is CCC(Sc1cccc(NC(=O)c2ccc(Cl)cc2Cl)c1)C(=O)Nc1nc(-c2ccc(C)cc2)cs1. The summed E-state index contributed by atoms with van der Waals surface area (Å²) < 4.78 is 0. The zero-order valence-electron chi connectivity index (χ0n) is 19.5. The van der Waals surface area contributed by atoms with Gasteiger partial charge in [-0.2, -0.15) is 0 Å². The number of rotatable bonds is 8. The van der Waals surface area contributed by atoms with Gasteiger partial charge in [0.1, 0.15) is 0 Å². The standard InChI is InChI=1S/C27H23Cl2N3O2S2/c1-3-24(26(34)32-27-31-23(15-35-27)17-9-7-16(2)8-10-17)36-20-6-4-5-19(14-20)30-25(33)21-12-11-18(28)13-22(21)29/h4-15,24H,3H2,1-2H3,(H,30,33)(H,31,32,34). The molecule has 3 aromatic carbocycles. The summed E-state index contributed by atoms with van der Waals surface area (Å²) in [6.45, 7) is 4.00. The van der Waals surface area contributed by atoms with Crippen molar-refractivity contribution in [3.8, 4) is 11.3 Å². The van der Waals surface area contributed by atoms with Gasteiger partial charge >= 0.3 is 0 Å². The molecule has 0 saturated carbocycles. The first-order valence-electron chi connectivity index (χ1n) is 11.2. The number of aryl methyl sites for hydroxylation is 1. The number of aromatic nitrogens is 1. The van der Waals surface area contributed by atoms with Gasteiger partial charge in [-0.1, -0.05) is 66.0 Å². The first-order valence-corrected chi connectivity index (χ1v) is 13.7. The Morgan fingerprint density at radius 2 is 1.81 bits per heavy atom. The van der Waals surface area contributed by atoms with Gasteiger partial charge in [0.15, 0.2) is 5.13 Å². The van der Waals surface area contributed by atoms with Crippen molar-refractivity contribution in [3.63, 3.8) is 0 Å². The first-order chi connectivity index (χ1) is 17.3. The van der Waals surface area contributed by atoms with Crippen LogP contribution in [0.2, 0.25) is 10.0 Å². The van der Waals surface area contributed by atoms with Crippen LogP contribution in [0.1, 0.15) is 29.3 Å². The third kappa shape index (κ3) is 6.68. The molecule has 0 aliphatic rings. The van der Waals surface area contributed by atoms with Crippen LogP contribution in [0, 0.1) is 6.92 Å². The minimum atomic E-state index is -0.336. The molecule has 1 atom stereocenters. The average molecular weight is 557 g/mol. The van der Waals surface area contributed by atoms with Gasteiger partial charge in [-0.25, -0.2) is 4.98 Å². The van der Waals surface area contributed by atoms with Gasteiger partial charge in [0, 0.05) is 26.5 Å². The molecule has 0 aliphatic heterocycles. The van der Waals surface area contributed by atoms with Crippen LogP contribution in [0.3, 0.4) is 0 Å². The molecule has 1 aromatic heterocycles. The van der Waals surface area contributed by atoms with Crippen molar-refractivity contribution < 1.29 is 9.59 Å². The topological polar surface area (TPSA) is 71.1 Å². The van der Waals surface area contributed by atoms with Gasteiger partial charge in [0.25, 0.3) is 5.91 Å². The van der Waals surface area contributed by atoms with Crippen LogP contribution in [0.5, 0.6) is 0 Å². The fraction of sp³-hybridized carbons (Fsp3) is 0.148. The summed E-state index contributed by atoms with van der Waals surface area (Å²) >= 11 is 14.9. The van der Waals surface area contributed by atoms with E-state index in [-0.39, 0.29) is 22.1 Å². The van der Waals surface area contributed by atoms with Gasteiger partial charge in [-0.05, 0) is 49.7 Å². The maximum Gasteiger partial charge on any atom is 0.257 e. The summed E-state index contributed by atoms with van der Waals surface area (Å²) in [5.41, 5.74) is 3.97. The molecule has 9 heteroatoms. The Kier molecular flexibility index (Phi) is 8.69. The molecule has 0 aliphatic carbocycles. The van der Waals surface area contributed by atoms with E-state index in [1.54, 1.807) is 18.2 Å². The molecule has 0 bridgehead atoms. The van der Waals surface area contributed by atoms with Crippen LogP contribution >= 0.6 is 46.3 Å². The number of carbonyl (C=O) groups is 2. The highest BCUT2D eigenvalue weighted by atomic mass is 35.5. The molecule has 0 radical (unpaired) electrons. The van der Waals surface area contributed by atoms with Crippen LogP contribution < -0.4 is 10.6 Å². The van der Waals surface area contributed by atoms with E-state index in [9.17, 15) is 9.59 Å². The highest BCUT2D eigenvalue weighted by molar-refractivity contribution is 8.00. The fourth-order valence-electron chi connectivity index (χ4n) is 3.38. The van der Waals surface area contributed by atoms with Crippen molar-refractivity contribution in [1.29, 1.82) is 0 Å². The lowest BCUT2D eigenvalue weighted by Gasteiger charge is -2.14. The molecule has 4 rings (SSSR count). The number of halogens is 2. The predicted octanol–water partition coefficient (Wildman–Crippen LogP) is 8.19. The quantitative estimate of drug-likeness (QED) is 0.215. The molecule has 4 aromatic rings. The molecule has 5 nitrogen and oxygen atoms in total. The molecule has 2 N–H and O–H groups in total. The molecular weight excluding hydrogens is 533 g/mol. The van der Waals surface area contributed by atoms with Crippen LogP contribution in [-0.2, 0) is 4.79 Å². The predicted molar refractivity (Wildman–Crippen MR) is 152 cm³/mol. The maximum atomic E-state index is 13.0. The summed E-state index contributed by atoms with van der Waals surface area (Å²) in [6, 6.07) is 20.2. The van der Waals surface area contributed by atoms with Crippen molar-refractivity contribution in [2.75, 3.05) is 10.6 Å². The van der Waals surface area contributed by atoms with Crippen LogP contribution in [0.25, 0.3) is 11.3 Å². The summed E-state index contributed by atoms with van der Waals surface area (Å²) in [5.74, 6) is -0.452. The lowest BCUT2D eigenvalue weighted by Crippen LogP contribution is -2.24. The lowest BCUT2D eigenvalue weighted by molar-refractivity contribution is -0.115. The smallest absolute Gasteiger partial charge is 0.257 e. The fourth-order valence-corrected chi connectivity index (χ4v) is 5.61. The van der Waals surface area contributed by atoms with Crippen LogP contribution in [-0.4, -0.2) is 22.0 Å². The summed E-state index contributed by atoms with van der Waals surface area (Å²) in [4.78, 5) is 31.1. The van der Waals surface area contributed by atoms with Gasteiger partial charge in [-0.3, -0.25) is 9.59 Å². The molecule has 0 spiro atoms. The Morgan fingerprint density at radius 3 is 2.53 bits per heavy atom. The van der Waals surface area contributed by atoms with E-state index < -0.39 is 0 Å². The Bertz CT molecular complexity index is 1390. The zero-order valence-corrected chi connectivity index (χ0v) is 22.7. The van der Waals surface area contributed by atoms with E-state index in [0.717, 1.165) is 16.2 Å². The highest BCUT2D eigenvalue weighted by Crippen LogP contribution is 2.31. The summed E-state index contributed by atoms with van der Waals surface area (Å²) in [6.07, 6.45) is 0.629. The number of thioether (sulfide) groups is 1. The number of nitrogens with zero attached hydrogens (tertiary/aromatic N) is 1. The Labute approximate surface area is 228 Å².